The highest BCUT2D eigenvalue weighted by Gasteiger charge is 2.26. The van der Waals surface area contributed by atoms with Gasteiger partial charge in [0.1, 0.15) is 0 Å². The van der Waals surface area contributed by atoms with Gasteiger partial charge in [-0.3, -0.25) is 4.90 Å². The summed E-state index contributed by atoms with van der Waals surface area (Å²) in [4.78, 5) is 2.38. The third-order valence-corrected chi connectivity index (χ3v) is 9.39. The Labute approximate surface area is 293 Å². The molecule has 1 fully saturated rings. The predicted molar refractivity (Wildman–Crippen MR) is 206 cm³/mol. The van der Waals surface area contributed by atoms with Crippen molar-refractivity contribution in [3.63, 3.8) is 0 Å². The molecule has 0 aliphatic carbocycles. The van der Waals surface area contributed by atoms with Crippen LogP contribution in [0.3, 0.4) is 0 Å². The van der Waals surface area contributed by atoms with E-state index in [1.54, 1.807) is 0 Å². The first-order valence-electron chi connectivity index (χ1n) is 20.5. The maximum atomic E-state index is 9.78. The summed E-state index contributed by atoms with van der Waals surface area (Å²) in [6, 6.07) is 0.272. The SMILES string of the molecule is CCCCCC=CCC=CCCCCCCCCOC(CN1CCCC1CO)OCCCCCCCCC=CCC=CCCCCC. The molecule has 1 rings (SSSR count). The molecule has 0 saturated carbocycles. The van der Waals surface area contributed by atoms with Crippen molar-refractivity contribution in [2.75, 3.05) is 32.9 Å². The van der Waals surface area contributed by atoms with Crippen LogP contribution in [0.5, 0.6) is 0 Å². The van der Waals surface area contributed by atoms with Crippen LogP contribution in [-0.4, -0.2) is 55.2 Å². The molecule has 4 nitrogen and oxygen atoms in total. The van der Waals surface area contributed by atoms with Crippen molar-refractivity contribution in [2.45, 2.75) is 193 Å². The van der Waals surface area contributed by atoms with Crippen LogP contribution in [0.4, 0.5) is 0 Å². The van der Waals surface area contributed by atoms with E-state index in [-0.39, 0.29) is 18.9 Å². The Balaban J connectivity index is 2.07. The average Bonchev–Trinajstić information content (AvgIpc) is 3.54. The molecule has 1 heterocycles. The molecule has 0 radical (unpaired) electrons. The van der Waals surface area contributed by atoms with E-state index in [2.05, 4.69) is 67.4 Å². The van der Waals surface area contributed by atoms with Crippen LogP contribution in [0.2, 0.25) is 0 Å². The number of nitrogens with zero attached hydrogens (tertiary/aromatic N) is 1. The Kier molecular flexibility index (Phi) is 33.6. The highest BCUT2D eigenvalue weighted by Crippen LogP contribution is 2.19. The van der Waals surface area contributed by atoms with Crippen molar-refractivity contribution >= 4 is 0 Å². The summed E-state index contributed by atoms with van der Waals surface area (Å²) in [7, 11) is 0. The highest BCUT2D eigenvalue weighted by molar-refractivity contribution is 4.93. The lowest BCUT2D eigenvalue weighted by molar-refractivity contribution is -0.156. The minimum Gasteiger partial charge on any atom is -0.395 e. The van der Waals surface area contributed by atoms with Crippen molar-refractivity contribution in [3.05, 3.63) is 48.6 Å². The summed E-state index contributed by atoms with van der Waals surface area (Å²) >= 11 is 0. The summed E-state index contributed by atoms with van der Waals surface area (Å²) in [5.74, 6) is 0. The maximum absolute atomic E-state index is 9.78. The standard InChI is InChI=1S/C43H79NO3/c1-3-5-7-9-11-13-15-17-19-21-23-25-27-29-31-33-38-46-43(40-44-37-35-36-42(44)41-45)47-39-34-32-30-28-26-24-22-20-18-16-14-12-10-8-6-4-2/h11-14,17-20,42-43,45H,3-10,15-16,21-41H2,1-2H3. The normalized spacial score (nSPS) is 16.7. The van der Waals surface area contributed by atoms with Crippen LogP contribution in [0.1, 0.15) is 181 Å². The van der Waals surface area contributed by atoms with Crippen LogP contribution in [0.15, 0.2) is 48.6 Å². The van der Waals surface area contributed by atoms with E-state index in [9.17, 15) is 5.11 Å². The minimum atomic E-state index is -0.168. The molecule has 274 valence electrons. The second kappa shape index (κ2) is 36.1. The Morgan fingerprint density at radius 1 is 0.553 bits per heavy atom. The number of ether oxygens (including phenoxy) is 2. The Hall–Kier alpha value is -1.20. The molecular weight excluding hydrogens is 578 g/mol. The molecule has 47 heavy (non-hydrogen) atoms. The van der Waals surface area contributed by atoms with Gasteiger partial charge in [0.25, 0.3) is 0 Å². The molecule has 1 atom stereocenters. The summed E-state index contributed by atoms with van der Waals surface area (Å²) in [5, 5.41) is 9.78. The molecule has 1 N–H and O–H groups in total. The monoisotopic (exact) mass is 658 g/mol. The van der Waals surface area contributed by atoms with E-state index in [4.69, 9.17) is 9.47 Å². The van der Waals surface area contributed by atoms with Crippen LogP contribution >= 0.6 is 0 Å². The second-order valence-corrected chi connectivity index (χ2v) is 13.8. The number of aliphatic hydroxyl groups excluding tert-OH is 1. The van der Waals surface area contributed by atoms with E-state index in [1.807, 2.05) is 0 Å². The number of rotatable bonds is 35. The number of likely N-dealkylation sites (tertiary alicyclic amines) is 1. The van der Waals surface area contributed by atoms with Crippen LogP contribution < -0.4 is 0 Å². The lowest BCUT2D eigenvalue weighted by Gasteiger charge is -2.28. The van der Waals surface area contributed by atoms with Gasteiger partial charge < -0.3 is 14.6 Å². The number of aliphatic hydroxyl groups is 1. The zero-order valence-corrected chi connectivity index (χ0v) is 31.4. The first-order chi connectivity index (χ1) is 23.3. The quantitative estimate of drug-likeness (QED) is 0.0418. The summed E-state index contributed by atoms with van der Waals surface area (Å²) in [6.07, 6.45) is 51.0. The summed E-state index contributed by atoms with van der Waals surface area (Å²) in [6.45, 7) is 8.16. The molecule has 0 spiro atoms. The van der Waals surface area contributed by atoms with Crippen molar-refractivity contribution in [2.24, 2.45) is 0 Å². The smallest absolute Gasteiger partial charge is 0.170 e. The second-order valence-electron chi connectivity index (χ2n) is 13.8. The van der Waals surface area contributed by atoms with E-state index in [1.165, 1.54) is 128 Å². The van der Waals surface area contributed by atoms with E-state index < -0.39 is 0 Å². The van der Waals surface area contributed by atoms with Crippen LogP contribution in [0.25, 0.3) is 0 Å². The molecule has 0 bridgehead atoms. The number of hydrogen-bond donors (Lipinski definition) is 1. The lowest BCUT2D eigenvalue weighted by Crippen LogP contribution is -2.40. The van der Waals surface area contributed by atoms with Gasteiger partial charge in [-0.2, -0.15) is 0 Å². The van der Waals surface area contributed by atoms with Crippen molar-refractivity contribution in [3.8, 4) is 0 Å². The molecular formula is C43H79NO3. The van der Waals surface area contributed by atoms with Gasteiger partial charge in [-0.15, -0.1) is 0 Å². The highest BCUT2D eigenvalue weighted by atomic mass is 16.7. The van der Waals surface area contributed by atoms with Gasteiger partial charge in [0.2, 0.25) is 0 Å². The molecule has 0 aromatic carbocycles. The van der Waals surface area contributed by atoms with Gasteiger partial charge in [0.15, 0.2) is 6.29 Å². The number of allylic oxidation sites excluding steroid dienone is 8. The van der Waals surface area contributed by atoms with Crippen molar-refractivity contribution < 1.29 is 14.6 Å². The van der Waals surface area contributed by atoms with Crippen molar-refractivity contribution in [1.29, 1.82) is 0 Å². The van der Waals surface area contributed by atoms with Crippen LogP contribution in [0, 0.1) is 0 Å². The van der Waals surface area contributed by atoms with Gasteiger partial charge in [0, 0.05) is 25.8 Å². The van der Waals surface area contributed by atoms with E-state index >= 15 is 0 Å². The molecule has 4 heteroatoms. The fourth-order valence-electron chi connectivity index (χ4n) is 6.30. The molecule has 0 aromatic heterocycles. The van der Waals surface area contributed by atoms with Crippen molar-refractivity contribution in [1.82, 2.24) is 4.90 Å². The van der Waals surface area contributed by atoms with Gasteiger partial charge in [-0.25, -0.2) is 0 Å². The Morgan fingerprint density at radius 3 is 1.38 bits per heavy atom. The van der Waals surface area contributed by atoms with E-state index in [0.717, 1.165) is 64.8 Å². The molecule has 1 aliphatic rings. The molecule has 0 aromatic rings. The Bertz CT molecular complexity index is 695. The minimum absolute atomic E-state index is 0.168. The fraction of sp³-hybridized carbons (Fsp3) is 0.814. The lowest BCUT2D eigenvalue weighted by atomic mass is 10.1. The maximum Gasteiger partial charge on any atom is 0.170 e. The van der Waals surface area contributed by atoms with Crippen LogP contribution in [-0.2, 0) is 9.47 Å². The first kappa shape index (κ1) is 43.8. The topological polar surface area (TPSA) is 41.9 Å². The largest absolute Gasteiger partial charge is 0.395 e. The van der Waals surface area contributed by atoms with Gasteiger partial charge >= 0.3 is 0 Å². The molecule has 1 aliphatic heterocycles. The van der Waals surface area contributed by atoms with Gasteiger partial charge in [-0.1, -0.05) is 140 Å². The number of unbranched alkanes of at least 4 members (excludes halogenated alkanes) is 18. The number of hydrogen-bond acceptors (Lipinski definition) is 4. The van der Waals surface area contributed by atoms with Gasteiger partial charge in [0.05, 0.1) is 6.61 Å². The Morgan fingerprint density at radius 2 is 0.957 bits per heavy atom. The molecule has 1 saturated heterocycles. The third-order valence-electron chi connectivity index (χ3n) is 9.39. The zero-order valence-electron chi connectivity index (χ0n) is 31.4. The summed E-state index contributed by atoms with van der Waals surface area (Å²) in [5.41, 5.74) is 0. The molecule has 0 amide bonds. The zero-order chi connectivity index (χ0) is 33.7. The van der Waals surface area contributed by atoms with E-state index in [0.29, 0.717) is 0 Å². The summed E-state index contributed by atoms with van der Waals surface area (Å²) < 4.78 is 12.5. The first-order valence-corrected chi connectivity index (χ1v) is 20.5. The fourth-order valence-corrected chi connectivity index (χ4v) is 6.30. The predicted octanol–water partition coefficient (Wildman–Crippen LogP) is 12.4. The van der Waals surface area contributed by atoms with Gasteiger partial charge in [-0.05, 0) is 96.4 Å². The molecule has 1 unspecified atom stereocenters. The average molecular weight is 658 g/mol. The third kappa shape index (κ3) is 29.4.